The molecule has 0 aromatic carbocycles. The molecular weight excluding hydrogens is 355 g/mol. The number of rotatable bonds is 4. The molecule has 0 radical (unpaired) electrons. The van der Waals surface area contributed by atoms with Crippen molar-refractivity contribution in [1.29, 1.82) is 0 Å². The van der Waals surface area contributed by atoms with Gasteiger partial charge in [-0.2, -0.15) is 0 Å². The summed E-state index contributed by atoms with van der Waals surface area (Å²) in [5.41, 5.74) is 0. The molecule has 0 aliphatic heterocycles. The van der Waals surface area contributed by atoms with Crippen LogP contribution in [0.2, 0.25) is 0 Å². The molecule has 13 heavy (non-hydrogen) atoms. The van der Waals surface area contributed by atoms with E-state index in [2.05, 4.69) is 0 Å². The number of carboxylic acid groups (broad SMARTS) is 2. The fourth-order valence-electron chi connectivity index (χ4n) is 0.408. The Kier molecular flexibility index (Phi) is 20.1. The molecule has 0 amide bonds. The van der Waals surface area contributed by atoms with Gasteiger partial charge in [-0.15, -0.1) is 0 Å². The third-order valence-corrected chi connectivity index (χ3v) is 0.908. The van der Waals surface area contributed by atoms with Crippen molar-refractivity contribution in [2.75, 3.05) is 0 Å². The van der Waals surface area contributed by atoms with Crippen molar-refractivity contribution in [3.63, 3.8) is 0 Å². The van der Waals surface area contributed by atoms with E-state index in [1.807, 2.05) is 0 Å². The van der Waals surface area contributed by atoms with Crippen molar-refractivity contribution in [3.8, 4) is 0 Å². The van der Waals surface area contributed by atoms with Crippen LogP contribution >= 0.6 is 0 Å². The largest absolute Gasteiger partial charge is 2.00 e. The molecule has 0 aromatic rings. The Morgan fingerprint density at radius 2 is 1.15 bits per heavy atom. The second-order valence-electron chi connectivity index (χ2n) is 2.24. The molecular formula is C8H14O4Pt. The Labute approximate surface area is 92.6 Å². The summed E-state index contributed by atoms with van der Waals surface area (Å²) >= 11 is 0. The maximum Gasteiger partial charge on any atom is 2.00 e. The summed E-state index contributed by atoms with van der Waals surface area (Å²) < 4.78 is 0. The summed E-state index contributed by atoms with van der Waals surface area (Å²) in [5, 5.41) is 19.0. The molecule has 0 fully saturated rings. The SMILES string of the molecule is CCCC(=O)[O-].CCCC(=O)[O-].[Pt+2]. The number of carbonyl (C=O) groups excluding carboxylic acids is 2. The van der Waals surface area contributed by atoms with Crippen LogP contribution in [0.15, 0.2) is 0 Å². The topological polar surface area (TPSA) is 80.3 Å². The predicted octanol–water partition coefficient (Wildman–Crippen LogP) is -0.930. The van der Waals surface area contributed by atoms with Crippen molar-refractivity contribution in [3.05, 3.63) is 0 Å². The van der Waals surface area contributed by atoms with Crippen molar-refractivity contribution in [2.45, 2.75) is 39.5 Å². The first-order chi connectivity index (χ1) is 5.54. The van der Waals surface area contributed by atoms with E-state index in [0.29, 0.717) is 12.8 Å². The van der Waals surface area contributed by atoms with Crippen LogP contribution in [0.5, 0.6) is 0 Å². The molecule has 0 N–H and O–H groups in total. The van der Waals surface area contributed by atoms with Crippen LogP contribution < -0.4 is 10.2 Å². The van der Waals surface area contributed by atoms with E-state index < -0.39 is 11.9 Å². The quantitative estimate of drug-likeness (QED) is 0.642. The molecule has 0 aliphatic rings. The molecule has 0 rings (SSSR count). The average Bonchev–Trinajstić information content (AvgIpc) is 1.87. The van der Waals surface area contributed by atoms with Crippen LogP contribution in [-0.4, -0.2) is 11.9 Å². The zero-order valence-electron chi connectivity index (χ0n) is 7.78. The summed E-state index contributed by atoms with van der Waals surface area (Å²) in [6.07, 6.45) is 1.70. The van der Waals surface area contributed by atoms with E-state index in [1.165, 1.54) is 0 Å². The van der Waals surface area contributed by atoms with Crippen molar-refractivity contribution in [1.82, 2.24) is 0 Å². The predicted molar refractivity (Wildman–Crippen MR) is 39.8 cm³/mol. The van der Waals surface area contributed by atoms with Crippen molar-refractivity contribution >= 4 is 11.9 Å². The van der Waals surface area contributed by atoms with Crippen LogP contribution in [0, 0.1) is 0 Å². The normalized spacial score (nSPS) is 7.54. The molecule has 80 valence electrons. The number of carboxylic acids is 2. The molecule has 0 aromatic heterocycles. The van der Waals surface area contributed by atoms with E-state index in [0.717, 1.165) is 0 Å². The fourth-order valence-corrected chi connectivity index (χ4v) is 0.408. The van der Waals surface area contributed by atoms with Crippen molar-refractivity contribution in [2.24, 2.45) is 0 Å². The molecule has 0 saturated heterocycles. The minimum absolute atomic E-state index is 0. The fraction of sp³-hybridized carbons (Fsp3) is 0.750. The molecule has 0 aliphatic carbocycles. The number of carbonyl (C=O) groups is 2. The van der Waals surface area contributed by atoms with Crippen LogP contribution in [0.1, 0.15) is 39.5 Å². The molecule has 0 spiro atoms. The van der Waals surface area contributed by atoms with Gasteiger partial charge in [0.1, 0.15) is 0 Å². The summed E-state index contributed by atoms with van der Waals surface area (Å²) in [5.74, 6) is -1.92. The van der Waals surface area contributed by atoms with Gasteiger partial charge in [0.2, 0.25) is 0 Å². The van der Waals surface area contributed by atoms with Gasteiger partial charge in [0.05, 0.1) is 0 Å². The number of hydrogen-bond donors (Lipinski definition) is 0. The first-order valence-corrected chi connectivity index (χ1v) is 3.94. The van der Waals surface area contributed by atoms with E-state index in [-0.39, 0.29) is 33.9 Å². The average molecular weight is 369 g/mol. The maximum atomic E-state index is 9.49. The monoisotopic (exact) mass is 369 g/mol. The van der Waals surface area contributed by atoms with Gasteiger partial charge in [0, 0.05) is 11.9 Å². The Morgan fingerprint density at radius 3 is 1.15 bits per heavy atom. The number of hydrogen-bond acceptors (Lipinski definition) is 4. The van der Waals surface area contributed by atoms with Gasteiger partial charge < -0.3 is 19.8 Å². The molecule has 0 saturated carbocycles. The molecule has 0 unspecified atom stereocenters. The Balaban J connectivity index is -0.000000143. The Morgan fingerprint density at radius 1 is 0.923 bits per heavy atom. The number of aliphatic carboxylic acids is 2. The van der Waals surface area contributed by atoms with E-state index in [4.69, 9.17) is 0 Å². The molecule has 5 heteroatoms. The van der Waals surface area contributed by atoms with Crippen LogP contribution in [0.3, 0.4) is 0 Å². The minimum Gasteiger partial charge on any atom is -0.550 e. The van der Waals surface area contributed by atoms with Crippen molar-refractivity contribution < 1.29 is 40.9 Å². The third kappa shape index (κ3) is 34.0. The van der Waals surface area contributed by atoms with Gasteiger partial charge in [0.25, 0.3) is 0 Å². The zero-order chi connectivity index (χ0) is 9.98. The van der Waals surface area contributed by atoms with Gasteiger partial charge in [-0.05, 0) is 12.8 Å². The van der Waals surface area contributed by atoms with Crippen LogP contribution in [-0.2, 0) is 30.7 Å². The summed E-state index contributed by atoms with van der Waals surface area (Å²) in [7, 11) is 0. The zero-order valence-corrected chi connectivity index (χ0v) is 10.0. The second-order valence-corrected chi connectivity index (χ2v) is 2.24. The van der Waals surface area contributed by atoms with Gasteiger partial charge in [0.15, 0.2) is 0 Å². The van der Waals surface area contributed by atoms with E-state index >= 15 is 0 Å². The summed E-state index contributed by atoms with van der Waals surface area (Å²) in [6, 6.07) is 0. The third-order valence-electron chi connectivity index (χ3n) is 0.908. The Bertz CT molecular complexity index is 120. The van der Waals surface area contributed by atoms with Gasteiger partial charge >= 0.3 is 21.1 Å². The Hall–Kier alpha value is -0.372. The summed E-state index contributed by atoms with van der Waals surface area (Å²) in [6.45, 7) is 3.60. The first-order valence-electron chi connectivity index (χ1n) is 3.94. The second kappa shape index (κ2) is 14.2. The van der Waals surface area contributed by atoms with E-state index in [1.54, 1.807) is 13.8 Å². The van der Waals surface area contributed by atoms with E-state index in [9.17, 15) is 19.8 Å². The first kappa shape index (κ1) is 18.4. The van der Waals surface area contributed by atoms with Gasteiger partial charge in [-0.1, -0.05) is 26.7 Å². The molecule has 0 heterocycles. The molecule has 0 bridgehead atoms. The minimum atomic E-state index is -0.961. The van der Waals surface area contributed by atoms with Gasteiger partial charge in [-0.3, -0.25) is 0 Å². The standard InChI is InChI=1S/2C4H8O2.Pt/c2*1-2-3-4(5)6;/h2*2-3H2,1H3,(H,5,6);/q;;+2/p-2. The van der Waals surface area contributed by atoms with Crippen LogP contribution in [0.25, 0.3) is 0 Å². The molecule has 4 nitrogen and oxygen atoms in total. The summed E-state index contributed by atoms with van der Waals surface area (Å²) in [4.78, 5) is 19.0. The molecule has 0 atom stereocenters. The van der Waals surface area contributed by atoms with Gasteiger partial charge in [-0.25, -0.2) is 0 Å². The maximum absolute atomic E-state index is 9.49. The smallest absolute Gasteiger partial charge is 0.550 e. The van der Waals surface area contributed by atoms with Crippen LogP contribution in [0.4, 0.5) is 0 Å².